The smallest absolute Gasteiger partial charge is 0.196 e. The van der Waals surface area contributed by atoms with Crippen LogP contribution in [0.2, 0.25) is 10.0 Å². The average molecular weight is 307 g/mol. The lowest BCUT2D eigenvalue weighted by atomic mass is 10.1. The van der Waals surface area contributed by atoms with Crippen LogP contribution in [0.25, 0.3) is 11.5 Å². The van der Waals surface area contributed by atoms with Crippen molar-refractivity contribution in [2.75, 3.05) is 0 Å². The maximum atomic E-state index is 12.4. The van der Waals surface area contributed by atoms with Gasteiger partial charge >= 0.3 is 0 Å². The van der Waals surface area contributed by atoms with Crippen molar-refractivity contribution in [1.29, 1.82) is 0 Å². The lowest BCUT2D eigenvalue weighted by molar-refractivity contribution is 0.103. The first-order valence-electron chi connectivity index (χ1n) is 5.69. The van der Waals surface area contributed by atoms with Crippen molar-refractivity contribution in [2.45, 2.75) is 0 Å². The standard InChI is InChI=1S/C13H8Cl2N4O/c14-8-1-2-9(10(15)4-8)12(20)7-3-11(16-5-7)13-17-6-18-19-13/h1-6,16H,(H,17,18,19). The first kappa shape index (κ1) is 12.9. The number of carbonyl (C=O) groups excluding carboxylic acids is 1. The zero-order valence-corrected chi connectivity index (χ0v) is 11.5. The average Bonchev–Trinajstić information content (AvgIpc) is 3.09. The molecular formula is C13H8Cl2N4O. The van der Waals surface area contributed by atoms with Crippen LogP contribution in [0.15, 0.2) is 36.8 Å². The third kappa shape index (κ3) is 2.33. The zero-order chi connectivity index (χ0) is 14.1. The summed E-state index contributed by atoms with van der Waals surface area (Å²) in [6.07, 6.45) is 3.00. The minimum atomic E-state index is -0.186. The SMILES string of the molecule is O=C(c1c[nH]c(-c2ncn[nH]2)c1)c1ccc(Cl)cc1Cl. The van der Waals surface area contributed by atoms with Gasteiger partial charge in [0.2, 0.25) is 0 Å². The van der Waals surface area contributed by atoms with Crippen molar-refractivity contribution in [1.82, 2.24) is 20.2 Å². The molecule has 20 heavy (non-hydrogen) atoms. The second-order valence-electron chi connectivity index (χ2n) is 4.09. The third-order valence-corrected chi connectivity index (χ3v) is 3.34. The summed E-state index contributed by atoms with van der Waals surface area (Å²) in [6, 6.07) is 6.47. The van der Waals surface area contributed by atoms with Crippen LogP contribution in [0.3, 0.4) is 0 Å². The number of aromatic nitrogens is 4. The summed E-state index contributed by atoms with van der Waals surface area (Å²) in [6.45, 7) is 0. The van der Waals surface area contributed by atoms with Gasteiger partial charge in [0, 0.05) is 22.3 Å². The fourth-order valence-corrected chi connectivity index (χ4v) is 2.32. The summed E-state index contributed by atoms with van der Waals surface area (Å²) < 4.78 is 0. The van der Waals surface area contributed by atoms with Gasteiger partial charge in [-0.05, 0) is 24.3 Å². The molecule has 0 spiro atoms. The molecule has 0 aliphatic heterocycles. The quantitative estimate of drug-likeness (QED) is 0.729. The minimum absolute atomic E-state index is 0.186. The molecular weight excluding hydrogens is 299 g/mol. The van der Waals surface area contributed by atoms with Gasteiger partial charge in [0.05, 0.1) is 10.7 Å². The van der Waals surface area contributed by atoms with E-state index in [0.29, 0.717) is 32.7 Å². The van der Waals surface area contributed by atoms with Gasteiger partial charge in [-0.25, -0.2) is 4.98 Å². The Bertz CT molecular complexity index is 765. The Morgan fingerprint density at radius 1 is 1.20 bits per heavy atom. The topological polar surface area (TPSA) is 74.4 Å². The number of rotatable bonds is 3. The highest BCUT2D eigenvalue weighted by atomic mass is 35.5. The molecule has 0 unspecified atom stereocenters. The number of hydrogen-bond acceptors (Lipinski definition) is 3. The zero-order valence-electron chi connectivity index (χ0n) is 10.0. The van der Waals surface area contributed by atoms with Gasteiger partial charge in [0.15, 0.2) is 11.6 Å². The van der Waals surface area contributed by atoms with E-state index in [0.717, 1.165) is 0 Å². The predicted octanol–water partition coefficient (Wildman–Crippen LogP) is 3.34. The number of benzene rings is 1. The Hall–Kier alpha value is -2.11. The van der Waals surface area contributed by atoms with E-state index in [9.17, 15) is 4.79 Å². The Labute approximate surface area is 124 Å². The molecule has 0 saturated carbocycles. The molecule has 2 aromatic heterocycles. The maximum absolute atomic E-state index is 12.4. The molecule has 0 fully saturated rings. The molecule has 2 N–H and O–H groups in total. The van der Waals surface area contributed by atoms with Crippen LogP contribution in [0, 0.1) is 0 Å². The molecule has 0 amide bonds. The van der Waals surface area contributed by atoms with E-state index in [1.165, 1.54) is 6.33 Å². The summed E-state index contributed by atoms with van der Waals surface area (Å²) >= 11 is 11.9. The van der Waals surface area contributed by atoms with E-state index in [4.69, 9.17) is 23.2 Å². The van der Waals surface area contributed by atoms with Crippen molar-refractivity contribution in [3.8, 4) is 11.5 Å². The van der Waals surface area contributed by atoms with Crippen LogP contribution in [0.4, 0.5) is 0 Å². The van der Waals surface area contributed by atoms with Crippen LogP contribution in [-0.2, 0) is 0 Å². The van der Waals surface area contributed by atoms with Gasteiger partial charge in [0.1, 0.15) is 6.33 Å². The van der Waals surface area contributed by atoms with Crippen molar-refractivity contribution in [3.05, 3.63) is 58.0 Å². The molecule has 3 rings (SSSR count). The molecule has 100 valence electrons. The van der Waals surface area contributed by atoms with Crippen LogP contribution in [-0.4, -0.2) is 25.9 Å². The number of halogens is 2. The summed E-state index contributed by atoms with van der Waals surface area (Å²) in [5, 5.41) is 7.29. The van der Waals surface area contributed by atoms with Crippen molar-refractivity contribution >= 4 is 29.0 Å². The lowest BCUT2D eigenvalue weighted by Gasteiger charge is -2.01. The third-order valence-electron chi connectivity index (χ3n) is 2.79. The first-order valence-corrected chi connectivity index (χ1v) is 6.44. The summed E-state index contributed by atoms with van der Waals surface area (Å²) in [4.78, 5) is 19.3. The van der Waals surface area contributed by atoms with Gasteiger partial charge in [-0.15, -0.1) is 0 Å². The molecule has 2 heterocycles. The fourth-order valence-electron chi connectivity index (χ4n) is 1.83. The van der Waals surface area contributed by atoms with E-state index < -0.39 is 0 Å². The molecule has 1 aromatic carbocycles. The number of nitrogens with zero attached hydrogens (tertiary/aromatic N) is 2. The molecule has 0 saturated heterocycles. The Morgan fingerprint density at radius 2 is 2.05 bits per heavy atom. The van der Waals surface area contributed by atoms with Gasteiger partial charge in [-0.3, -0.25) is 9.89 Å². The molecule has 0 bridgehead atoms. The summed E-state index contributed by atoms with van der Waals surface area (Å²) in [5.41, 5.74) is 1.57. The largest absolute Gasteiger partial charge is 0.358 e. The number of aromatic amines is 2. The maximum Gasteiger partial charge on any atom is 0.196 e. The highest BCUT2D eigenvalue weighted by Crippen LogP contribution is 2.24. The molecule has 0 radical (unpaired) electrons. The molecule has 0 aliphatic rings. The van der Waals surface area contributed by atoms with Gasteiger partial charge in [-0.2, -0.15) is 5.10 Å². The van der Waals surface area contributed by atoms with Crippen LogP contribution in [0.5, 0.6) is 0 Å². The van der Waals surface area contributed by atoms with E-state index >= 15 is 0 Å². The second kappa shape index (κ2) is 5.11. The minimum Gasteiger partial charge on any atom is -0.358 e. The van der Waals surface area contributed by atoms with E-state index in [1.807, 2.05) is 0 Å². The summed E-state index contributed by atoms with van der Waals surface area (Å²) in [7, 11) is 0. The Kier molecular flexibility index (Phi) is 3.30. The van der Waals surface area contributed by atoms with Crippen LogP contribution >= 0.6 is 23.2 Å². The summed E-state index contributed by atoms with van der Waals surface area (Å²) in [5.74, 6) is 0.375. The Morgan fingerprint density at radius 3 is 2.75 bits per heavy atom. The van der Waals surface area contributed by atoms with Crippen molar-refractivity contribution < 1.29 is 4.79 Å². The normalized spacial score (nSPS) is 10.7. The highest BCUT2D eigenvalue weighted by molar-refractivity contribution is 6.37. The van der Waals surface area contributed by atoms with E-state index in [-0.39, 0.29) is 5.78 Å². The Balaban J connectivity index is 1.95. The number of H-pyrrole nitrogens is 2. The fraction of sp³-hybridized carbons (Fsp3) is 0. The van der Waals surface area contributed by atoms with Gasteiger partial charge in [-0.1, -0.05) is 23.2 Å². The molecule has 3 aromatic rings. The van der Waals surface area contributed by atoms with E-state index in [2.05, 4.69) is 20.2 Å². The van der Waals surface area contributed by atoms with Crippen molar-refractivity contribution in [3.63, 3.8) is 0 Å². The van der Waals surface area contributed by atoms with E-state index in [1.54, 1.807) is 30.5 Å². The number of carbonyl (C=O) groups is 1. The van der Waals surface area contributed by atoms with Crippen LogP contribution in [0.1, 0.15) is 15.9 Å². The molecule has 0 aliphatic carbocycles. The van der Waals surface area contributed by atoms with Gasteiger partial charge < -0.3 is 4.98 Å². The number of hydrogen-bond donors (Lipinski definition) is 2. The predicted molar refractivity (Wildman–Crippen MR) is 76.1 cm³/mol. The molecule has 7 heteroatoms. The van der Waals surface area contributed by atoms with Crippen LogP contribution < -0.4 is 0 Å². The first-order chi connectivity index (χ1) is 9.65. The van der Waals surface area contributed by atoms with Crippen molar-refractivity contribution in [2.24, 2.45) is 0 Å². The number of ketones is 1. The highest BCUT2D eigenvalue weighted by Gasteiger charge is 2.15. The van der Waals surface area contributed by atoms with Gasteiger partial charge in [0.25, 0.3) is 0 Å². The number of nitrogens with one attached hydrogen (secondary N) is 2. The second-order valence-corrected chi connectivity index (χ2v) is 4.93. The lowest BCUT2D eigenvalue weighted by Crippen LogP contribution is -2.00. The monoisotopic (exact) mass is 306 g/mol. The molecule has 5 nitrogen and oxygen atoms in total. The molecule has 0 atom stereocenters.